The molecule has 134 valence electrons. The van der Waals surface area contributed by atoms with Crippen LogP contribution < -0.4 is 5.32 Å². The number of hydrogen-bond donors (Lipinski definition) is 2. The molecule has 0 aliphatic rings. The zero-order valence-corrected chi connectivity index (χ0v) is 15.6. The lowest BCUT2D eigenvalue weighted by Crippen LogP contribution is -2.26. The highest BCUT2D eigenvalue weighted by atomic mass is 32.2. The lowest BCUT2D eigenvalue weighted by molar-refractivity contribution is -0.133. The molecule has 5 nitrogen and oxygen atoms in total. The normalized spacial score (nSPS) is 12.0. The molecule has 25 heavy (non-hydrogen) atoms. The van der Waals surface area contributed by atoms with Crippen molar-refractivity contribution in [1.29, 1.82) is 0 Å². The molecule has 0 bridgehead atoms. The minimum atomic E-state index is -0.838. The van der Waals surface area contributed by atoms with Gasteiger partial charge in [0.2, 0.25) is 0 Å². The van der Waals surface area contributed by atoms with E-state index in [9.17, 15) is 9.59 Å². The molecule has 1 amide bonds. The van der Waals surface area contributed by atoms with Crippen LogP contribution in [0.2, 0.25) is 0 Å². The average molecular weight is 360 g/mol. The third kappa shape index (κ3) is 4.89. The monoisotopic (exact) mass is 360 g/mol. The number of benzene rings is 1. The van der Waals surface area contributed by atoms with Crippen molar-refractivity contribution in [2.45, 2.75) is 26.8 Å². The van der Waals surface area contributed by atoms with Crippen LogP contribution in [0.3, 0.4) is 0 Å². The minimum Gasteiger partial charge on any atom is -0.481 e. The van der Waals surface area contributed by atoms with Crippen LogP contribution in [-0.2, 0) is 4.79 Å². The Kier molecular flexibility index (Phi) is 6.70. The van der Waals surface area contributed by atoms with Gasteiger partial charge in [-0.25, -0.2) is 0 Å². The molecule has 0 fully saturated rings. The van der Waals surface area contributed by atoms with Gasteiger partial charge in [0.1, 0.15) is 0 Å². The fourth-order valence-corrected chi connectivity index (χ4v) is 3.54. The number of carboxylic acid groups (broad SMARTS) is 1. The summed E-state index contributed by atoms with van der Waals surface area (Å²) in [5, 5.41) is 11.5. The average Bonchev–Trinajstić information content (AvgIpc) is 2.89. The van der Waals surface area contributed by atoms with Crippen LogP contribution in [0.1, 0.15) is 40.3 Å². The van der Waals surface area contributed by atoms with E-state index < -0.39 is 5.97 Å². The molecule has 0 aliphatic carbocycles. The van der Waals surface area contributed by atoms with Crippen molar-refractivity contribution in [3.05, 3.63) is 58.9 Å². The second-order valence-corrected chi connectivity index (χ2v) is 7.05. The number of aliphatic carboxylic acids is 1. The second-order valence-electron chi connectivity index (χ2n) is 5.94. The smallest absolute Gasteiger partial charge is 0.313 e. The van der Waals surface area contributed by atoms with E-state index in [1.54, 1.807) is 0 Å². The highest BCUT2D eigenvalue weighted by Crippen LogP contribution is 2.25. The summed E-state index contributed by atoms with van der Waals surface area (Å²) in [4.78, 5) is 22.9. The number of carbonyl (C=O) groups is 2. The fourth-order valence-electron chi connectivity index (χ4n) is 2.98. The SMILES string of the molecule is Cc1cc(C(=O)NCCSCC(=O)O)c(C)n1C(C)c1ccccc1. The van der Waals surface area contributed by atoms with Gasteiger partial charge in [-0.1, -0.05) is 30.3 Å². The Morgan fingerprint density at radius 1 is 1.24 bits per heavy atom. The summed E-state index contributed by atoms with van der Waals surface area (Å²) in [6.07, 6.45) is 0. The predicted octanol–water partition coefficient (Wildman–Crippen LogP) is 3.26. The molecular weight excluding hydrogens is 336 g/mol. The summed E-state index contributed by atoms with van der Waals surface area (Å²) in [7, 11) is 0. The van der Waals surface area contributed by atoms with Crippen molar-refractivity contribution in [3.63, 3.8) is 0 Å². The van der Waals surface area contributed by atoms with Crippen molar-refractivity contribution in [3.8, 4) is 0 Å². The summed E-state index contributed by atoms with van der Waals surface area (Å²) in [6.45, 7) is 6.54. The first-order valence-electron chi connectivity index (χ1n) is 8.23. The van der Waals surface area contributed by atoms with Crippen LogP contribution in [0, 0.1) is 13.8 Å². The zero-order chi connectivity index (χ0) is 18.4. The second kappa shape index (κ2) is 8.76. The Labute approximate surface area is 152 Å². The number of hydrogen-bond acceptors (Lipinski definition) is 3. The number of carbonyl (C=O) groups excluding carboxylic acids is 1. The fraction of sp³-hybridized carbons (Fsp3) is 0.368. The highest BCUT2D eigenvalue weighted by molar-refractivity contribution is 7.99. The van der Waals surface area contributed by atoms with Crippen molar-refractivity contribution < 1.29 is 14.7 Å². The van der Waals surface area contributed by atoms with Crippen LogP contribution in [0.15, 0.2) is 36.4 Å². The molecule has 0 saturated carbocycles. The van der Waals surface area contributed by atoms with Gasteiger partial charge < -0.3 is 15.0 Å². The van der Waals surface area contributed by atoms with Gasteiger partial charge in [-0.2, -0.15) is 0 Å². The van der Waals surface area contributed by atoms with Crippen LogP contribution in [0.5, 0.6) is 0 Å². The lowest BCUT2D eigenvalue weighted by Gasteiger charge is -2.19. The van der Waals surface area contributed by atoms with E-state index in [1.165, 1.54) is 17.3 Å². The summed E-state index contributed by atoms with van der Waals surface area (Å²) in [5.74, 6) is -0.318. The van der Waals surface area contributed by atoms with E-state index >= 15 is 0 Å². The van der Waals surface area contributed by atoms with Crippen LogP contribution in [-0.4, -0.2) is 39.6 Å². The molecule has 0 radical (unpaired) electrons. The van der Waals surface area contributed by atoms with Crippen molar-refractivity contribution in [2.75, 3.05) is 18.1 Å². The molecule has 1 aromatic carbocycles. The topological polar surface area (TPSA) is 71.3 Å². The molecule has 0 saturated heterocycles. The van der Waals surface area contributed by atoms with Gasteiger partial charge >= 0.3 is 5.97 Å². The molecule has 1 heterocycles. The van der Waals surface area contributed by atoms with E-state index in [1.807, 2.05) is 38.1 Å². The minimum absolute atomic E-state index is 0.0545. The van der Waals surface area contributed by atoms with Gasteiger partial charge in [0, 0.05) is 23.7 Å². The van der Waals surface area contributed by atoms with E-state index in [0.717, 1.165) is 11.4 Å². The Balaban J connectivity index is 2.05. The number of carboxylic acids is 1. The van der Waals surface area contributed by atoms with E-state index in [0.29, 0.717) is 17.9 Å². The lowest BCUT2D eigenvalue weighted by atomic mass is 10.1. The number of aromatic nitrogens is 1. The maximum absolute atomic E-state index is 12.4. The van der Waals surface area contributed by atoms with Crippen LogP contribution in [0.25, 0.3) is 0 Å². The molecule has 6 heteroatoms. The van der Waals surface area contributed by atoms with Crippen molar-refractivity contribution >= 4 is 23.6 Å². The first kappa shape index (κ1) is 19.1. The van der Waals surface area contributed by atoms with Crippen LogP contribution in [0.4, 0.5) is 0 Å². The third-order valence-electron chi connectivity index (χ3n) is 4.16. The molecule has 0 aliphatic heterocycles. The Bertz CT molecular complexity index is 741. The zero-order valence-electron chi connectivity index (χ0n) is 14.8. The van der Waals surface area contributed by atoms with Crippen molar-refractivity contribution in [1.82, 2.24) is 9.88 Å². The number of nitrogens with zero attached hydrogens (tertiary/aromatic N) is 1. The Hall–Kier alpha value is -2.21. The molecule has 2 aromatic rings. The number of aryl methyl sites for hydroxylation is 1. The number of thioether (sulfide) groups is 1. The van der Waals surface area contributed by atoms with Gasteiger partial charge in [0.15, 0.2) is 0 Å². The maximum atomic E-state index is 12.4. The first-order valence-corrected chi connectivity index (χ1v) is 9.38. The van der Waals surface area contributed by atoms with Gasteiger partial charge in [-0.05, 0) is 32.4 Å². The Morgan fingerprint density at radius 2 is 1.92 bits per heavy atom. The van der Waals surface area contributed by atoms with Gasteiger partial charge in [-0.15, -0.1) is 11.8 Å². The van der Waals surface area contributed by atoms with Gasteiger partial charge in [0.05, 0.1) is 17.4 Å². The third-order valence-corrected chi connectivity index (χ3v) is 5.10. The van der Waals surface area contributed by atoms with Gasteiger partial charge in [0.25, 0.3) is 5.91 Å². The molecule has 1 aromatic heterocycles. The summed E-state index contributed by atoms with van der Waals surface area (Å²) in [6, 6.07) is 12.3. The standard InChI is InChI=1S/C19H24N2O3S/c1-13-11-17(19(24)20-9-10-25-12-18(22)23)15(3)21(13)14(2)16-7-5-4-6-8-16/h4-8,11,14H,9-10,12H2,1-3H3,(H,20,24)(H,22,23). The number of nitrogens with one attached hydrogen (secondary N) is 1. The molecular formula is C19H24N2O3S. The van der Waals surface area contributed by atoms with E-state index in [4.69, 9.17) is 5.11 Å². The quantitative estimate of drug-likeness (QED) is 0.709. The van der Waals surface area contributed by atoms with E-state index in [-0.39, 0.29) is 17.7 Å². The number of rotatable bonds is 8. The van der Waals surface area contributed by atoms with Gasteiger partial charge in [-0.3, -0.25) is 9.59 Å². The van der Waals surface area contributed by atoms with E-state index in [2.05, 4.69) is 28.9 Å². The van der Waals surface area contributed by atoms with Crippen LogP contribution >= 0.6 is 11.8 Å². The molecule has 2 N–H and O–H groups in total. The first-order chi connectivity index (χ1) is 11.9. The predicted molar refractivity (Wildman–Crippen MR) is 101 cm³/mol. The molecule has 1 atom stereocenters. The summed E-state index contributed by atoms with van der Waals surface area (Å²) < 4.78 is 2.17. The molecule has 2 rings (SSSR count). The highest BCUT2D eigenvalue weighted by Gasteiger charge is 2.19. The maximum Gasteiger partial charge on any atom is 0.313 e. The Morgan fingerprint density at radius 3 is 2.56 bits per heavy atom. The summed E-state index contributed by atoms with van der Waals surface area (Å²) >= 11 is 1.29. The molecule has 1 unspecified atom stereocenters. The largest absolute Gasteiger partial charge is 0.481 e. The van der Waals surface area contributed by atoms with Crippen molar-refractivity contribution in [2.24, 2.45) is 0 Å². The molecule has 0 spiro atoms. The summed E-state index contributed by atoms with van der Waals surface area (Å²) in [5.41, 5.74) is 3.84. The number of amides is 1.